The second-order valence-corrected chi connectivity index (χ2v) is 3.26. The lowest BCUT2D eigenvalue weighted by Crippen LogP contribution is -2.41. The SMILES string of the molecule is CC(N)(C(=O)O)c1ccnc(Cl)c1. The van der Waals surface area contributed by atoms with Crippen molar-refractivity contribution in [2.75, 3.05) is 0 Å². The van der Waals surface area contributed by atoms with E-state index in [1.807, 2.05) is 0 Å². The molecule has 0 saturated carbocycles. The number of carboxylic acids is 1. The van der Waals surface area contributed by atoms with Gasteiger partial charge in [0.2, 0.25) is 0 Å². The topological polar surface area (TPSA) is 76.2 Å². The zero-order chi connectivity index (χ0) is 10.1. The molecule has 70 valence electrons. The number of carbonyl (C=O) groups is 1. The average molecular weight is 201 g/mol. The number of halogens is 1. The number of carboxylic acid groups (broad SMARTS) is 1. The van der Waals surface area contributed by atoms with Crippen LogP contribution < -0.4 is 5.73 Å². The molecule has 0 aliphatic carbocycles. The molecule has 0 radical (unpaired) electrons. The molecule has 0 aromatic carbocycles. The van der Waals surface area contributed by atoms with Gasteiger partial charge in [0, 0.05) is 6.20 Å². The van der Waals surface area contributed by atoms with E-state index >= 15 is 0 Å². The second kappa shape index (κ2) is 3.32. The van der Waals surface area contributed by atoms with Crippen molar-refractivity contribution in [3.05, 3.63) is 29.0 Å². The van der Waals surface area contributed by atoms with Crippen LogP contribution in [-0.2, 0) is 10.3 Å². The van der Waals surface area contributed by atoms with E-state index in [4.69, 9.17) is 22.4 Å². The largest absolute Gasteiger partial charge is 0.480 e. The minimum absolute atomic E-state index is 0.232. The zero-order valence-electron chi connectivity index (χ0n) is 6.99. The summed E-state index contributed by atoms with van der Waals surface area (Å²) in [5, 5.41) is 9.03. The third kappa shape index (κ3) is 1.96. The highest BCUT2D eigenvalue weighted by atomic mass is 35.5. The molecular weight excluding hydrogens is 192 g/mol. The average Bonchev–Trinajstić information content (AvgIpc) is 2.04. The Morgan fingerprint density at radius 2 is 2.38 bits per heavy atom. The first kappa shape index (κ1) is 9.95. The molecule has 1 heterocycles. The summed E-state index contributed by atoms with van der Waals surface area (Å²) in [5.41, 5.74) is 4.57. The van der Waals surface area contributed by atoms with Gasteiger partial charge in [0.15, 0.2) is 0 Å². The number of nitrogens with zero attached hydrogens (tertiary/aromatic N) is 1. The molecule has 0 aliphatic heterocycles. The van der Waals surface area contributed by atoms with Gasteiger partial charge in [-0.05, 0) is 24.6 Å². The third-order valence-corrected chi connectivity index (χ3v) is 1.98. The fraction of sp³-hybridized carbons (Fsp3) is 0.250. The van der Waals surface area contributed by atoms with Crippen molar-refractivity contribution in [1.29, 1.82) is 0 Å². The van der Waals surface area contributed by atoms with Gasteiger partial charge < -0.3 is 10.8 Å². The van der Waals surface area contributed by atoms with E-state index in [0.717, 1.165) is 0 Å². The summed E-state index contributed by atoms with van der Waals surface area (Å²) in [6.45, 7) is 1.40. The van der Waals surface area contributed by atoms with Crippen LogP contribution in [0.25, 0.3) is 0 Å². The van der Waals surface area contributed by atoms with Crippen LogP contribution in [0.15, 0.2) is 18.3 Å². The van der Waals surface area contributed by atoms with Gasteiger partial charge in [-0.25, -0.2) is 9.78 Å². The monoisotopic (exact) mass is 200 g/mol. The summed E-state index contributed by atoms with van der Waals surface area (Å²) >= 11 is 5.60. The van der Waals surface area contributed by atoms with Gasteiger partial charge in [0.1, 0.15) is 10.7 Å². The highest BCUT2D eigenvalue weighted by Crippen LogP contribution is 2.19. The van der Waals surface area contributed by atoms with Crippen LogP contribution in [-0.4, -0.2) is 16.1 Å². The van der Waals surface area contributed by atoms with Crippen LogP contribution in [0, 0.1) is 0 Å². The van der Waals surface area contributed by atoms with Gasteiger partial charge in [-0.3, -0.25) is 0 Å². The molecule has 0 bridgehead atoms. The summed E-state index contributed by atoms with van der Waals surface area (Å²) in [5.74, 6) is -1.10. The molecule has 0 aliphatic rings. The first-order valence-electron chi connectivity index (χ1n) is 3.59. The van der Waals surface area contributed by atoms with Gasteiger partial charge in [-0.1, -0.05) is 11.6 Å². The highest BCUT2D eigenvalue weighted by molar-refractivity contribution is 6.29. The van der Waals surface area contributed by atoms with Gasteiger partial charge in [-0.15, -0.1) is 0 Å². The predicted octanol–water partition coefficient (Wildman–Crippen LogP) is 0.994. The van der Waals surface area contributed by atoms with E-state index in [1.54, 1.807) is 0 Å². The Kier molecular flexibility index (Phi) is 2.54. The number of rotatable bonds is 2. The Balaban J connectivity index is 3.14. The van der Waals surface area contributed by atoms with Crippen molar-refractivity contribution in [2.24, 2.45) is 5.73 Å². The Morgan fingerprint density at radius 3 is 2.85 bits per heavy atom. The number of hydrogen-bond donors (Lipinski definition) is 2. The third-order valence-electron chi connectivity index (χ3n) is 1.77. The van der Waals surface area contributed by atoms with Gasteiger partial charge >= 0.3 is 5.97 Å². The van der Waals surface area contributed by atoms with Crippen molar-refractivity contribution in [3.63, 3.8) is 0 Å². The summed E-state index contributed by atoms with van der Waals surface area (Å²) in [6, 6.07) is 2.97. The molecule has 1 unspecified atom stereocenters. The van der Waals surface area contributed by atoms with Crippen molar-refractivity contribution in [1.82, 2.24) is 4.98 Å². The molecule has 1 rings (SSSR count). The summed E-state index contributed by atoms with van der Waals surface area (Å²) in [6.07, 6.45) is 1.42. The molecule has 0 spiro atoms. The molecule has 0 amide bonds. The molecule has 1 aromatic rings. The molecule has 0 saturated heterocycles. The van der Waals surface area contributed by atoms with E-state index in [0.29, 0.717) is 5.56 Å². The standard InChI is InChI=1S/C8H9ClN2O2/c1-8(10,7(12)13)5-2-3-11-6(9)4-5/h2-4H,10H2,1H3,(H,12,13). The van der Waals surface area contributed by atoms with E-state index in [2.05, 4.69) is 4.98 Å². The predicted molar refractivity (Wildman–Crippen MR) is 48.4 cm³/mol. The maximum absolute atomic E-state index is 10.7. The Hall–Kier alpha value is -1.13. The van der Waals surface area contributed by atoms with E-state index < -0.39 is 11.5 Å². The normalized spacial score (nSPS) is 15.0. The summed E-state index contributed by atoms with van der Waals surface area (Å²) < 4.78 is 0. The quantitative estimate of drug-likeness (QED) is 0.699. The van der Waals surface area contributed by atoms with Crippen molar-refractivity contribution < 1.29 is 9.90 Å². The smallest absolute Gasteiger partial charge is 0.328 e. The minimum Gasteiger partial charge on any atom is -0.480 e. The molecule has 4 nitrogen and oxygen atoms in total. The fourth-order valence-corrected chi connectivity index (χ4v) is 1.02. The van der Waals surface area contributed by atoms with Crippen LogP contribution >= 0.6 is 11.6 Å². The summed E-state index contributed by atoms with van der Waals surface area (Å²) in [4.78, 5) is 14.5. The van der Waals surface area contributed by atoms with Crippen LogP contribution in [0.5, 0.6) is 0 Å². The van der Waals surface area contributed by atoms with Crippen LogP contribution in [0.2, 0.25) is 5.15 Å². The molecule has 0 fully saturated rings. The van der Waals surface area contributed by atoms with E-state index in [9.17, 15) is 4.79 Å². The highest BCUT2D eigenvalue weighted by Gasteiger charge is 2.30. The molecule has 1 atom stereocenters. The number of aliphatic carboxylic acids is 1. The number of hydrogen-bond acceptors (Lipinski definition) is 3. The molecule has 1 aromatic heterocycles. The van der Waals surface area contributed by atoms with Gasteiger partial charge in [-0.2, -0.15) is 0 Å². The number of nitrogens with two attached hydrogens (primary N) is 1. The summed E-state index contributed by atoms with van der Waals surface area (Å²) in [7, 11) is 0. The lowest BCUT2D eigenvalue weighted by molar-refractivity contribution is -0.143. The molecular formula is C8H9ClN2O2. The van der Waals surface area contributed by atoms with Crippen LogP contribution in [0.4, 0.5) is 0 Å². The van der Waals surface area contributed by atoms with Gasteiger partial charge in [0.05, 0.1) is 0 Å². The maximum atomic E-state index is 10.7. The molecule has 5 heteroatoms. The van der Waals surface area contributed by atoms with Crippen molar-refractivity contribution in [3.8, 4) is 0 Å². The number of pyridine rings is 1. The molecule has 3 N–H and O–H groups in total. The Bertz CT molecular complexity index is 339. The van der Waals surface area contributed by atoms with E-state index in [1.165, 1.54) is 25.3 Å². The first-order valence-corrected chi connectivity index (χ1v) is 3.96. The Labute approximate surface area is 80.3 Å². The fourth-order valence-electron chi connectivity index (χ4n) is 0.849. The first-order chi connectivity index (χ1) is 5.94. The lowest BCUT2D eigenvalue weighted by atomic mass is 9.95. The van der Waals surface area contributed by atoms with Crippen molar-refractivity contribution in [2.45, 2.75) is 12.5 Å². The van der Waals surface area contributed by atoms with Gasteiger partial charge in [0.25, 0.3) is 0 Å². The van der Waals surface area contributed by atoms with Crippen molar-refractivity contribution >= 4 is 17.6 Å². The van der Waals surface area contributed by atoms with E-state index in [-0.39, 0.29) is 5.15 Å². The second-order valence-electron chi connectivity index (χ2n) is 2.87. The molecule has 13 heavy (non-hydrogen) atoms. The van der Waals surface area contributed by atoms with Crippen LogP contribution in [0.3, 0.4) is 0 Å². The lowest BCUT2D eigenvalue weighted by Gasteiger charge is -2.19. The van der Waals surface area contributed by atoms with Crippen LogP contribution in [0.1, 0.15) is 12.5 Å². The zero-order valence-corrected chi connectivity index (χ0v) is 7.75. The minimum atomic E-state index is -1.42. The maximum Gasteiger partial charge on any atom is 0.328 e. The Morgan fingerprint density at radius 1 is 1.77 bits per heavy atom. The number of aromatic nitrogens is 1.